The van der Waals surface area contributed by atoms with Gasteiger partial charge >= 0.3 is 0 Å². The highest BCUT2D eigenvalue weighted by molar-refractivity contribution is 8.18. The maximum absolute atomic E-state index is 13.0. The molecule has 3 aromatic carbocycles. The smallest absolute Gasteiger partial charge is 0.294 e. The molecule has 0 aromatic heterocycles. The molecule has 0 radical (unpaired) electrons. The number of nitrogens with one attached hydrogen (secondary N) is 1. The first-order valence-corrected chi connectivity index (χ1v) is 10.4. The molecule has 1 saturated heterocycles. The molecule has 0 spiro atoms. The lowest BCUT2D eigenvalue weighted by atomic mass is 10.2. The van der Waals surface area contributed by atoms with E-state index in [1.54, 1.807) is 30.3 Å². The van der Waals surface area contributed by atoms with E-state index < -0.39 is 29.4 Å². The zero-order chi connectivity index (χ0) is 22.5. The van der Waals surface area contributed by atoms with Gasteiger partial charge in [0.1, 0.15) is 23.9 Å². The second-order valence-electron chi connectivity index (χ2n) is 6.81. The number of halogens is 1. The van der Waals surface area contributed by atoms with E-state index in [0.29, 0.717) is 22.7 Å². The first-order chi connectivity index (χ1) is 15.5. The van der Waals surface area contributed by atoms with Crippen LogP contribution >= 0.6 is 11.8 Å². The summed E-state index contributed by atoms with van der Waals surface area (Å²) in [4.78, 5) is 38.3. The number of carbonyl (C=O) groups excluding carboxylic acids is 3. The molecule has 0 atom stereocenters. The quantitative estimate of drug-likeness (QED) is 0.519. The molecule has 0 unspecified atom stereocenters. The molecule has 3 amide bonds. The van der Waals surface area contributed by atoms with Crippen LogP contribution in [0.3, 0.4) is 0 Å². The highest BCUT2D eigenvalue weighted by atomic mass is 32.2. The lowest BCUT2D eigenvalue weighted by molar-refractivity contribution is -0.127. The largest absolute Gasteiger partial charge is 0.457 e. The van der Waals surface area contributed by atoms with Crippen molar-refractivity contribution < 1.29 is 23.5 Å². The highest BCUT2D eigenvalue weighted by Gasteiger charge is 2.36. The lowest BCUT2D eigenvalue weighted by Crippen LogP contribution is -2.36. The number of para-hydroxylation sites is 1. The molecule has 0 saturated carbocycles. The summed E-state index contributed by atoms with van der Waals surface area (Å²) in [7, 11) is 0. The van der Waals surface area contributed by atoms with Crippen LogP contribution in [0.2, 0.25) is 0 Å². The number of hydrogen-bond acceptors (Lipinski definition) is 5. The van der Waals surface area contributed by atoms with E-state index in [4.69, 9.17) is 4.74 Å². The number of ether oxygens (including phenoxy) is 1. The van der Waals surface area contributed by atoms with Crippen LogP contribution < -0.4 is 10.1 Å². The van der Waals surface area contributed by atoms with Gasteiger partial charge in [-0.25, -0.2) is 4.39 Å². The fourth-order valence-corrected chi connectivity index (χ4v) is 3.80. The van der Waals surface area contributed by atoms with E-state index in [2.05, 4.69) is 5.32 Å². The minimum absolute atomic E-state index is 0.210. The van der Waals surface area contributed by atoms with Crippen LogP contribution in [0.1, 0.15) is 5.56 Å². The Balaban J connectivity index is 1.43. The first kappa shape index (κ1) is 21.3. The van der Waals surface area contributed by atoms with Crippen molar-refractivity contribution in [2.24, 2.45) is 0 Å². The molecular weight excluding hydrogens is 431 g/mol. The van der Waals surface area contributed by atoms with Gasteiger partial charge in [0.15, 0.2) is 0 Å². The normalized spacial score (nSPS) is 14.7. The Bertz CT molecular complexity index is 1200. The number of hydrogen-bond donors (Lipinski definition) is 1. The SMILES string of the molecule is O=C(CN1C(=O)S/C(=C/c2cccc(Oc3ccccc3)c2)C1=O)Nc1ccc(F)cc1. The molecule has 1 heterocycles. The molecular formula is C24H17FN2O4S. The number of amides is 3. The van der Waals surface area contributed by atoms with Gasteiger partial charge in [-0.3, -0.25) is 19.3 Å². The number of thioether (sulfide) groups is 1. The van der Waals surface area contributed by atoms with E-state index in [1.165, 1.54) is 24.3 Å². The van der Waals surface area contributed by atoms with Gasteiger partial charge in [0.25, 0.3) is 11.1 Å². The third-order valence-electron chi connectivity index (χ3n) is 4.44. The van der Waals surface area contributed by atoms with Crippen molar-refractivity contribution in [1.29, 1.82) is 0 Å². The third-order valence-corrected chi connectivity index (χ3v) is 5.35. The molecule has 4 rings (SSSR count). The van der Waals surface area contributed by atoms with E-state index in [9.17, 15) is 18.8 Å². The van der Waals surface area contributed by atoms with Crippen molar-refractivity contribution in [1.82, 2.24) is 4.90 Å². The topological polar surface area (TPSA) is 75.7 Å². The van der Waals surface area contributed by atoms with Gasteiger partial charge in [0.05, 0.1) is 4.91 Å². The highest BCUT2D eigenvalue weighted by Crippen LogP contribution is 2.33. The van der Waals surface area contributed by atoms with Gasteiger partial charge in [-0.2, -0.15) is 0 Å². The monoisotopic (exact) mass is 448 g/mol. The predicted molar refractivity (Wildman–Crippen MR) is 121 cm³/mol. The number of nitrogens with zero attached hydrogens (tertiary/aromatic N) is 1. The van der Waals surface area contributed by atoms with Crippen molar-refractivity contribution in [2.45, 2.75) is 0 Å². The minimum atomic E-state index is -0.557. The number of benzene rings is 3. The zero-order valence-electron chi connectivity index (χ0n) is 16.7. The van der Waals surface area contributed by atoms with Crippen LogP contribution in [0.25, 0.3) is 6.08 Å². The number of carbonyl (C=O) groups is 3. The third kappa shape index (κ3) is 5.22. The average molecular weight is 448 g/mol. The molecule has 6 nitrogen and oxygen atoms in total. The van der Waals surface area contributed by atoms with E-state index in [1.807, 2.05) is 30.3 Å². The Morgan fingerprint density at radius 2 is 1.69 bits per heavy atom. The van der Waals surface area contributed by atoms with Crippen molar-refractivity contribution in [3.8, 4) is 11.5 Å². The maximum atomic E-state index is 13.0. The van der Waals surface area contributed by atoms with Crippen LogP contribution in [0, 0.1) is 5.82 Å². The standard InChI is InChI=1S/C24H17FN2O4S/c25-17-9-11-18(12-10-17)26-22(28)15-27-23(29)21(32-24(27)30)14-16-5-4-8-20(13-16)31-19-6-2-1-3-7-19/h1-14H,15H2,(H,26,28)/b21-14+. The minimum Gasteiger partial charge on any atom is -0.457 e. The second kappa shape index (κ2) is 9.49. The fraction of sp³-hybridized carbons (Fsp3) is 0.0417. The zero-order valence-corrected chi connectivity index (χ0v) is 17.5. The Labute approximate surface area is 187 Å². The molecule has 1 aliphatic heterocycles. The number of anilines is 1. The van der Waals surface area contributed by atoms with Crippen molar-refractivity contribution >= 4 is 40.6 Å². The predicted octanol–water partition coefficient (Wildman–Crippen LogP) is 5.29. The molecule has 3 aromatic rings. The first-order valence-electron chi connectivity index (χ1n) is 9.62. The van der Waals surface area contributed by atoms with E-state index in [0.717, 1.165) is 16.7 Å². The molecule has 1 aliphatic rings. The van der Waals surface area contributed by atoms with Crippen molar-refractivity contribution in [3.63, 3.8) is 0 Å². The summed E-state index contributed by atoms with van der Waals surface area (Å²) in [6.45, 7) is -0.434. The maximum Gasteiger partial charge on any atom is 0.294 e. The van der Waals surface area contributed by atoms with E-state index >= 15 is 0 Å². The Morgan fingerprint density at radius 3 is 2.44 bits per heavy atom. The molecule has 160 valence electrons. The summed E-state index contributed by atoms with van der Waals surface area (Å²) >= 11 is 0.765. The Hall–Kier alpha value is -3.91. The van der Waals surface area contributed by atoms with Crippen LogP contribution in [-0.4, -0.2) is 28.5 Å². The van der Waals surface area contributed by atoms with Crippen LogP contribution in [0.4, 0.5) is 14.9 Å². The average Bonchev–Trinajstić information content (AvgIpc) is 3.03. The summed E-state index contributed by atoms with van der Waals surface area (Å²) in [6.07, 6.45) is 1.58. The molecule has 32 heavy (non-hydrogen) atoms. The molecule has 8 heteroatoms. The summed E-state index contributed by atoms with van der Waals surface area (Å²) in [5.41, 5.74) is 1.05. The summed E-state index contributed by atoms with van der Waals surface area (Å²) < 4.78 is 18.8. The van der Waals surface area contributed by atoms with Crippen LogP contribution in [0.15, 0.2) is 83.8 Å². The van der Waals surface area contributed by atoms with Gasteiger partial charge in [-0.05, 0) is 71.9 Å². The fourth-order valence-electron chi connectivity index (χ4n) is 2.96. The van der Waals surface area contributed by atoms with Crippen LogP contribution in [0.5, 0.6) is 11.5 Å². The summed E-state index contributed by atoms with van der Waals surface area (Å²) in [5.74, 6) is -0.278. The second-order valence-corrected chi connectivity index (χ2v) is 7.80. The van der Waals surface area contributed by atoms with Crippen LogP contribution in [-0.2, 0) is 9.59 Å². The molecule has 0 aliphatic carbocycles. The van der Waals surface area contributed by atoms with Crippen molar-refractivity contribution in [3.05, 3.63) is 95.1 Å². The van der Waals surface area contributed by atoms with Crippen molar-refractivity contribution in [2.75, 3.05) is 11.9 Å². The van der Waals surface area contributed by atoms with Gasteiger partial charge < -0.3 is 10.1 Å². The summed E-state index contributed by atoms with van der Waals surface area (Å²) in [5, 5.41) is 2.00. The van der Waals surface area contributed by atoms with Gasteiger partial charge in [0, 0.05) is 5.69 Å². The Morgan fingerprint density at radius 1 is 0.969 bits per heavy atom. The number of rotatable bonds is 6. The van der Waals surface area contributed by atoms with E-state index in [-0.39, 0.29) is 4.91 Å². The van der Waals surface area contributed by atoms with Gasteiger partial charge in [-0.15, -0.1) is 0 Å². The van der Waals surface area contributed by atoms with Gasteiger partial charge in [-0.1, -0.05) is 30.3 Å². The number of imide groups is 1. The lowest BCUT2D eigenvalue weighted by Gasteiger charge is -2.12. The summed E-state index contributed by atoms with van der Waals surface area (Å²) in [6, 6.07) is 21.6. The molecule has 1 fully saturated rings. The van der Waals surface area contributed by atoms with Gasteiger partial charge in [0.2, 0.25) is 5.91 Å². The molecule has 1 N–H and O–H groups in total. The Kier molecular flexibility index (Phi) is 6.32. The molecule has 0 bridgehead atoms.